The number of ketones is 1. The molecular weight excluding hydrogens is 622 g/mol. The van der Waals surface area contributed by atoms with Crippen LogP contribution in [0, 0.1) is 5.41 Å². The lowest BCUT2D eigenvalue weighted by Gasteiger charge is -2.48. The number of ether oxygens (including phenoxy) is 1. The van der Waals surface area contributed by atoms with Gasteiger partial charge in [0.25, 0.3) is 0 Å². The zero-order chi connectivity index (χ0) is 34.1. The van der Waals surface area contributed by atoms with Crippen molar-refractivity contribution in [2.45, 2.75) is 94.9 Å². The first-order chi connectivity index (χ1) is 22.9. The van der Waals surface area contributed by atoms with Gasteiger partial charge in [0.1, 0.15) is 5.75 Å². The van der Waals surface area contributed by atoms with E-state index in [1.807, 2.05) is 54.6 Å². The van der Waals surface area contributed by atoms with Crippen molar-refractivity contribution < 1.29 is 24.9 Å². The number of likely N-dealkylation sites (tertiary alicyclic amines) is 1. The quantitative estimate of drug-likeness (QED) is 0.185. The molecule has 1 heterocycles. The Morgan fingerprint density at radius 1 is 0.958 bits per heavy atom. The minimum atomic E-state index is -0.985. The third-order valence-corrected chi connectivity index (χ3v) is 12.1. The number of β-amino-alcohol motifs (C(OH)–C–C–N with tert-alkyl or cyclic N) is 1. The van der Waals surface area contributed by atoms with Gasteiger partial charge in [0.05, 0.1) is 24.4 Å². The van der Waals surface area contributed by atoms with E-state index in [0.29, 0.717) is 73.6 Å². The van der Waals surface area contributed by atoms with Gasteiger partial charge in [-0.15, -0.1) is 0 Å². The molecule has 256 valence electrons. The van der Waals surface area contributed by atoms with Crippen LogP contribution in [0.15, 0.2) is 78.4 Å². The lowest BCUT2D eigenvalue weighted by atomic mass is 9.64. The molecule has 1 aliphatic heterocycles. The highest BCUT2D eigenvalue weighted by Gasteiger charge is 2.57. The molecule has 3 aromatic rings. The predicted octanol–water partition coefficient (Wildman–Crippen LogP) is 7.60. The number of aliphatic hydroxyl groups excluding tert-OH is 1. The molecular formula is C41H50ClNO5. The molecule has 0 unspecified atom stereocenters. The number of aliphatic hydroxyl groups is 3. The molecule has 3 N–H and O–H groups in total. The Bertz CT molecular complexity index is 1630. The number of benzene rings is 3. The lowest BCUT2D eigenvalue weighted by molar-refractivity contribution is -0.101. The molecule has 3 aliphatic carbocycles. The highest BCUT2D eigenvalue weighted by molar-refractivity contribution is 6.30. The minimum Gasteiger partial charge on any atom is -0.497 e. The van der Waals surface area contributed by atoms with Gasteiger partial charge in [-0.25, -0.2) is 0 Å². The highest BCUT2D eigenvalue weighted by Crippen LogP contribution is 2.59. The van der Waals surface area contributed by atoms with E-state index in [4.69, 9.17) is 16.3 Å². The number of fused-ring (bicyclic) bond motifs is 8. The maximum absolute atomic E-state index is 14.3. The first-order valence-electron chi connectivity index (χ1n) is 17.5. The fourth-order valence-electron chi connectivity index (χ4n) is 8.59. The fourth-order valence-corrected chi connectivity index (χ4v) is 8.72. The van der Waals surface area contributed by atoms with Crippen LogP contribution in [0.5, 0.6) is 5.75 Å². The van der Waals surface area contributed by atoms with Crippen LogP contribution in [0.3, 0.4) is 0 Å². The first-order valence-corrected chi connectivity index (χ1v) is 17.9. The van der Waals surface area contributed by atoms with Crippen LogP contribution in [0.4, 0.5) is 0 Å². The smallest absolute Gasteiger partial charge is 0.193 e. The number of allylic oxidation sites excluding steroid dienone is 2. The van der Waals surface area contributed by atoms with Gasteiger partial charge in [0, 0.05) is 41.2 Å². The van der Waals surface area contributed by atoms with Crippen molar-refractivity contribution in [2.24, 2.45) is 5.41 Å². The highest BCUT2D eigenvalue weighted by atomic mass is 35.5. The van der Waals surface area contributed by atoms with Crippen molar-refractivity contribution in [2.75, 3.05) is 26.7 Å². The molecule has 2 bridgehead atoms. The van der Waals surface area contributed by atoms with Crippen molar-refractivity contribution in [3.63, 3.8) is 0 Å². The van der Waals surface area contributed by atoms with Crippen LogP contribution in [0.2, 0.25) is 5.02 Å². The first kappa shape index (κ1) is 34.8. The predicted molar refractivity (Wildman–Crippen MR) is 191 cm³/mol. The van der Waals surface area contributed by atoms with Crippen molar-refractivity contribution in [1.82, 2.24) is 4.90 Å². The molecule has 0 spiro atoms. The number of halogens is 1. The number of rotatable bonds is 6. The molecule has 3 aromatic carbocycles. The van der Waals surface area contributed by atoms with Gasteiger partial charge in [-0.1, -0.05) is 54.4 Å². The third-order valence-electron chi connectivity index (χ3n) is 11.8. The fraction of sp³-hybridized carbons (Fsp3) is 0.488. The summed E-state index contributed by atoms with van der Waals surface area (Å²) < 4.78 is 5.34. The van der Waals surface area contributed by atoms with E-state index < -0.39 is 22.7 Å². The normalized spacial score (nSPS) is 27.9. The van der Waals surface area contributed by atoms with E-state index in [0.717, 1.165) is 42.4 Å². The summed E-state index contributed by atoms with van der Waals surface area (Å²) in [6.45, 7) is 6.24. The van der Waals surface area contributed by atoms with E-state index in [-0.39, 0.29) is 11.7 Å². The van der Waals surface area contributed by atoms with Crippen LogP contribution < -0.4 is 4.74 Å². The van der Waals surface area contributed by atoms with Gasteiger partial charge >= 0.3 is 0 Å². The number of hydrogen-bond donors (Lipinski definition) is 3. The van der Waals surface area contributed by atoms with E-state index in [1.165, 1.54) is 5.57 Å². The molecule has 0 amide bonds. The summed E-state index contributed by atoms with van der Waals surface area (Å²) in [7, 11) is 1.61. The largest absolute Gasteiger partial charge is 0.497 e. The molecule has 2 fully saturated rings. The number of carbonyl (C=O) groups is 1. The molecule has 48 heavy (non-hydrogen) atoms. The third kappa shape index (κ3) is 7.01. The zero-order valence-corrected chi connectivity index (χ0v) is 29.3. The van der Waals surface area contributed by atoms with Crippen LogP contribution in [-0.2, 0) is 12.0 Å². The Balaban J connectivity index is 1.33. The second-order valence-electron chi connectivity index (χ2n) is 14.8. The zero-order valence-electron chi connectivity index (χ0n) is 28.6. The van der Waals surface area contributed by atoms with Gasteiger partial charge in [0.15, 0.2) is 5.78 Å². The molecule has 4 aliphatic rings. The van der Waals surface area contributed by atoms with Gasteiger partial charge < -0.3 is 25.0 Å². The number of nitrogens with zero attached hydrogens (tertiary/aromatic N) is 1. The van der Waals surface area contributed by atoms with Crippen LogP contribution in [0.1, 0.15) is 104 Å². The molecule has 0 aromatic heterocycles. The molecule has 7 heteroatoms. The Kier molecular flexibility index (Phi) is 10.2. The topological polar surface area (TPSA) is 90.2 Å². The number of carbonyl (C=O) groups excluding carboxylic acids is 1. The minimum absolute atomic E-state index is 0.0360. The van der Waals surface area contributed by atoms with Gasteiger partial charge in [-0.2, -0.15) is 0 Å². The van der Waals surface area contributed by atoms with E-state index in [9.17, 15) is 20.1 Å². The molecule has 4 atom stereocenters. The summed E-state index contributed by atoms with van der Waals surface area (Å²) in [4.78, 5) is 16.6. The molecule has 1 saturated heterocycles. The van der Waals surface area contributed by atoms with Crippen molar-refractivity contribution in [3.8, 4) is 5.75 Å². The Morgan fingerprint density at radius 2 is 1.67 bits per heavy atom. The van der Waals surface area contributed by atoms with Crippen LogP contribution >= 0.6 is 11.6 Å². The summed E-state index contributed by atoms with van der Waals surface area (Å²) in [5.74, 6) is 0.604. The van der Waals surface area contributed by atoms with Crippen molar-refractivity contribution in [3.05, 3.63) is 111 Å². The second kappa shape index (κ2) is 14.1. The Hall–Kier alpha value is -3.00. The average Bonchev–Trinajstić information content (AvgIpc) is 3.33. The maximum Gasteiger partial charge on any atom is 0.193 e. The average molecular weight is 672 g/mol. The molecule has 1 saturated carbocycles. The van der Waals surface area contributed by atoms with E-state index in [1.54, 1.807) is 7.11 Å². The van der Waals surface area contributed by atoms with Crippen molar-refractivity contribution in [1.29, 1.82) is 0 Å². The van der Waals surface area contributed by atoms with Gasteiger partial charge in [0.2, 0.25) is 0 Å². The Morgan fingerprint density at radius 3 is 2.35 bits per heavy atom. The number of methoxy groups -OCH3 is 1. The Labute approximate surface area is 290 Å². The van der Waals surface area contributed by atoms with Gasteiger partial charge in [-0.05, 0) is 130 Å². The molecule has 0 radical (unpaired) electrons. The monoisotopic (exact) mass is 671 g/mol. The summed E-state index contributed by atoms with van der Waals surface area (Å²) >= 11 is 6.11. The molecule has 7 rings (SSSR count). The van der Waals surface area contributed by atoms with Crippen LogP contribution in [-0.4, -0.2) is 64.5 Å². The maximum atomic E-state index is 14.3. The number of hydrogen-bond acceptors (Lipinski definition) is 6. The van der Waals surface area contributed by atoms with Crippen molar-refractivity contribution >= 4 is 17.4 Å². The van der Waals surface area contributed by atoms with E-state index in [2.05, 4.69) is 37.0 Å². The van der Waals surface area contributed by atoms with E-state index >= 15 is 0 Å². The summed E-state index contributed by atoms with van der Waals surface area (Å²) in [5.41, 5.74) is 2.90. The summed E-state index contributed by atoms with van der Waals surface area (Å²) in [6, 6.07) is 20.9. The standard InChI is InChI=1S/C41H50ClNO5/c1-28-5-4-19-39(2)37(18-20-41(39,47)27-43-23-21-40(46,22-24-43)31-10-12-32(42)13-11-31)35-17-7-29(25-33(44)14-6-28)26-36(35)38(45)30-8-15-34(48-3)16-9-30/h5,7-13,15-17,26,33,37,44,46-47H,4,6,14,18-25,27H2,1-3H3/t33-,37-,39-,41+/m0/s1. The number of piperidine rings is 1. The summed E-state index contributed by atoms with van der Waals surface area (Å²) in [5, 5.41) is 35.9. The van der Waals surface area contributed by atoms with Gasteiger partial charge in [-0.3, -0.25) is 4.79 Å². The SMILES string of the molecule is COc1ccc(C(=O)c2cc3ccc2[C@@H]2CC[C@@](O)(CN4CCC(O)(c5ccc(Cl)cc5)CC4)[C@@]2(C)CCC=C(C)CC[C@H](O)C3)cc1. The second-order valence-corrected chi connectivity index (χ2v) is 15.3. The van der Waals surface area contributed by atoms with Crippen LogP contribution in [0.25, 0.3) is 0 Å². The lowest BCUT2D eigenvalue weighted by Crippen LogP contribution is -2.55. The summed E-state index contributed by atoms with van der Waals surface area (Å²) in [6.07, 6.45) is 7.89. The molecule has 6 nitrogen and oxygen atoms in total.